The van der Waals surface area contributed by atoms with Crippen molar-refractivity contribution in [2.24, 2.45) is 17.0 Å². The predicted molar refractivity (Wildman–Crippen MR) is 43.6 cm³/mol. The maximum absolute atomic E-state index is 13.2. The summed E-state index contributed by atoms with van der Waals surface area (Å²) in [6.07, 6.45) is 1.11. The zero-order valence-corrected chi connectivity index (χ0v) is 7.16. The first-order valence-electron chi connectivity index (χ1n) is 4.30. The average Bonchev–Trinajstić information content (AvgIpc) is 2.64. The molecule has 0 aromatic heterocycles. The Kier molecular flexibility index (Phi) is 2.00. The van der Waals surface area contributed by atoms with E-state index in [4.69, 9.17) is 0 Å². The minimum absolute atomic E-state index is 0.00120. The molecule has 0 amide bonds. The predicted octanol–water partition coefficient (Wildman–Crippen LogP) is 0.868. The Morgan fingerprint density at radius 1 is 1.58 bits per heavy atom. The van der Waals surface area contributed by atoms with Crippen molar-refractivity contribution in [3.63, 3.8) is 0 Å². The summed E-state index contributed by atoms with van der Waals surface area (Å²) in [5.74, 6) is 0.146. The fourth-order valence-electron chi connectivity index (χ4n) is 2.21. The van der Waals surface area contributed by atoms with Crippen molar-refractivity contribution in [3.05, 3.63) is 0 Å². The molecular formula is C8H13FN2O. The van der Waals surface area contributed by atoms with Crippen LogP contribution in [0.1, 0.15) is 6.42 Å². The van der Waals surface area contributed by atoms with E-state index in [1.54, 1.807) is 0 Å². The standard InChI is InChI=1S/C8H13FN2O/c1-12-10-8(9)7-5-11-3-2-6(7)4-11/h6-7H,2-5H2,1H3/b10-8-. The first kappa shape index (κ1) is 7.98. The van der Waals surface area contributed by atoms with Crippen LogP contribution in [0.4, 0.5) is 4.39 Å². The average molecular weight is 172 g/mol. The van der Waals surface area contributed by atoms with Crippen LogP contribution >= 0.6 is 0 Å². The molecule has 0 N–H and O–H groups in total. The Labute approximate surface area is 71.2 Å². The molecule has 0 radical (unpaired) electrons. The lowest BCUT2D eigenvalue weighted by Gasteiger charge is -2.18. The minimum atomic E-state index is -0.329. The van der Waals surface area contributed by atoms with Crippen LogP contribution in [-0.2, 0) is 4.84 Å². The van der Waals surface area contributed by atoms with E-state index in [9.17, 15) is 4.39 Å². The highest BCUT2D eigenvalue weighted by atomic mass is 19.1. The molecule has 0 saturated carbocycles. The fourth-order valence-corrected chi connectivity index (χ4v) is 2.21. The van der Waals surface area contributed by atoms with E-state index in [0.29, 0.717) is 5.92 Å². The van der Waals surface area contributed by atoms with Gasteiger partial charge in [0.1, 0.15) is 7.11 Å². The summed E-state index contributed by atoms with van der Waals surface area (Å²) >= 11 is 0. The molecule has 2 heterocycles. The molecule has 2 bridgehead atoms. The van der Waals surface area contributed by atoms with Gasteiger partial charge in [-0.3, -0.25) is 0 Å². The first-order chi connectivity index (χ1) is 5.81. The maximum Gasteiger partial charge on any atom is 0.231 e. The second-order valence-electron chi connectivity index (χ2n) is 3.51. The van der Waals surface area contributed by atoms with Crippen molar-refractivity contribution in [3.8, 4) is 0 Å². The highest BCUT2D eigenvalue weighted by Gasteiger charge is 2.41. The van der Waals surface area contributed by atoms with Crippen molar-refractivity contribution in [1.82, 2.24) is 4.90 Å². The van der Waals surface area contributed by atoms with Crippen LogP contribution < -0.4 is 0 Å². The molecule has 2 saturated heterocycles. The van der Waals surface area contributed by atoms with Crippen molar-refractivity contribution in [2.45, 2.75) is 6.42 Å². The van der Waals surface area contributed by atoms with E-state index in [0.717, 1.165) is 26.1 Å². The van der Waals surface area contributed by atoms with Crippen molar-refractivity contribution >= 4 is 5.97 Å². The lowest BCUT2D eigenvalue weighted by atomic mass is 9.93. The Bertz CT molecular complexity index is 207. The zero-order valence-electron chi connectivity index (χ0n) is 7.16. The van der Waals surface area contributed by atoms with Crippen LogP contribution in [0.15, 0.2) is 5.16 Å². The van der Waals surface area contributed by atoms with Gasteiger partial charge in [-0.2, -0.15) is 4.39 Å². The van der Waals surface area contributed by atoms with Crippen LogP contribution in [0.5, 0.6) is 0 Å². The van der Waals surface area contributed by atoms with Gasteiger partial charge in [-0.1, -0.05) is 5.16 Å². The van der Waals surface area contributed by atoms with Crippen molar-refractivity contribution in [1.29, 1.82) is 0 Å². The number of oxime groups is 1. The summed E-state index contributed by atoms with van der Waals surface area (Å²) in [5, 5.41) is 3.35. The Morgan fingerprint density at radius 2 is 2.42 bits per heavy atom. The number of fused-ring (bicyclic) bond motifs is 2. The SMILES string of the molecule is CO/N=C(\F)C1CN2CCC1C2. The Morgan fingerprint density at radius 3 is 2.92 bits per heavy atom. The summed E-state index contributed by atoms with van der Waals surface area (Å²) < 4.78 is 13.2. The maximum atomic E-state index is 13.2. The lowest BCUT2D eigenvalue weighted by molar-refractivity contribution is 0.202. The molecule has 3 atom stereocenters. The molecule has 4 heteroatoms. The molecule has 2 aliphatic heterocycles. The summed E-state index contributed by atoms with van der Waals surface area (Å²) in [6, 6.07) is 0. The highest BCUT2D eigenvalue weighted by Crippen LogP contribution is 2.33. The van der Waals surface area contributed by atoms with Crippen LogP contribution in [0.3, 0.4) is 0 Å². The van der Waals surface area contributed by atoms with E-state index in [1.165, 1.54) is 7.11 Å². The van der Waals surface area contributed by atoms with Gasteiger partial charge < -0.3 is 9.74 Å². The van der Waals surface area contributed by atoms with E-state index in [2.05, 4.69) is 14.9 Å². The molecule has 3 nitrogen and oxygen atoms in total. The van der Waals surface area contributed by atoms with Gasteiger partial charge >= 0.3 is 0 Å². The van der Waals surface area contributed by atoms with Crippen molar-refractivity contribution in [2.75, 3.05) is 26.7 Å². The number of piperidine rings is 1. The molecule has 68 valence electrons. The van der Waals surface area contributed by atoms with Gasteiger partial charge in [-0.05, 0) is 18.9 Å². The molecular weight excluding hydrogens is 159 g/mol. The summed E-state index contributed by atoms with van der Waals surface area (Å²) in [4.78, 5) is 6.70. The molecule has 3 unspecified atom stereocenters. The van der Waals surface area contributed by atoms with Crippen molar-refractivity contribution < 1.29 is 9.23 Å². The second kappa shape index (κ2) is 3.01. The molecule has 12 heavy (non-hydrogen) atoms. The van der Waals surface area contributed by atoms with Gasteiger partial charge in [0, 0.05) is 19.0 Å². The number of halogens is 1. The highest BCUT2D eigenvalue weighted by molar-refractivity contribution is 5.78. The topological polar surface area (TPSA) is 24.8 Å². The molecule has 0 aliphatic carbocycles. The molecule has 2 aliphatic rings. The van der Waals surface area contributed by atoms with Gasteiger partial charge in [-0.15, -0.1) is 0 Å². The molecule has 0 spiro atoms. The van der Waals surface area contributed by atoms with Gasteiger partial charge in [-0.25, -0.2) is 0 Å². The normalized spacial score (nSPS) is 40.5. The number of hydrogen-bond donors (Lipinski definition) is 0. The van der Waals surface area contributed by atoms with Crippen LogP contribution in [-0.4, -0.2) is 37.6 Å². The Balaban J connectivity index is 2.02. The number of rotatable bonds is 2. The van der Waals surface area contributed by atoms with Gasteiger partial charge in [0.05, 0.1) is 0 Å². The summed E-state index contributed by atoms with van der Waals surface area (Å²) in [5.41, 5.74) is 0. The third-order valence-corrected chi connectivity index (χ3v) is 2.82. The fraction of sp³-hybridized carbons (Fsp3) is 0.875. The van der Waals surface area contributed by atoms with E-state index in [-0.39, 0.29) is 11.9 Å². The minimum Gasteiger partial charge on any atom is -0.397 e. The van der Waals surface area contributed by atoms with Crippen LogP contribution in [0.2, 0.25) is 0 Å². The van der Waals surface area contributed by atoms with Gasteiger partial charge in [0.25, 0.3) is 0 Å². The third kappa shape index (κ3) is 1.20. The van der Waals surface area contributed by atoms with Crippen LogP contribution in [0, 0.1) is 11.8 Å². The molecule has 0 aromatic carbocycles. The third-order valence-electron chi connectivity index (χ3n) is 2.82. The smallest absolute Gasteiger partial charge is 0.231 e. The lowest BCUT2D eigenvalue weighted by Crippen LogP contribution is -2.27. The molecule has 2 rings (SSSR count). The summed E-state index contributed by atoms with van der Waals surface area (Å²) in [6.45, 7) is 2.99. The molecule has 2 fully saturated rings. The zero-order chi connectivity index (χ0) is 8.55. The number of hydrogen-bond acceptors (Lipinski definition) is 3. The Hall–Kier alpha value is -0.640. The molecule has 0 aromatic rings. The van der Waals surface area contributed by atoms with Gasteiger partial charge in [0.2, 0.25) is 5.97 Å². The van der Waals surface area contributed by atoms with Gasteiger partial charge in [0.15, 0.2) is 0 Å². The quantitative estimate of drug-likeness (QED) is 0.456. The van der Waals surface area contributed by atoms with E-state index >= 15 is 0 Å². The van der Waals surface area contributed by atoms with Crippen LogP contribution in [0.25, 0.3) is 0 Å². The number of nitrogens with zero attached hydrogens (tertiary/aromatic N) is 2. The monoisotopic (exact) mass is 172 g/mol. The summed E-state index contributed by atoms with van der Waals surface area (Å²) in [7, 11) is 1.38. The van der Waals surface area contributed by atoms with E-state index < -0.39 is 0 Å². The second-order valence-corrected chi connectivity index (χ2v) is 3.51. The van der Waals surface area contributed by atoms with E-state index in [1.807, 2.05) is 0 Å². The largest absolute Gasteiger partial charge is 0.397 e. The first-order valence-corrected chi connectivity index (χ1v) is 4.30.